The van der Waals surface area contributed by atoms with Gasteiger partial charge in [0.25, 0.3) is 0 Å². The number of likely N-dealkylation sites (tertiary alicyclic amines) is 2. The van der Waals surface area contributed by atoms with Crippen LogP contribution in [0, 0.1) is 11.8 Å². The highest BCUT2D eigenvalue weighted by Crippen LogP contribution is 2.44. The third-order valence-electron chi connectivity index (χ3n) is 6.02. The van der Waals surface area contributed by atoms with Gasteiger partial charge in [0.15, 0.2) is 0 Å². The lowest BCUT2D eigenvalue weighted by atomic mass is 9.89. The van der Waals surface area contributed by atoms with E-state index >= 15 is 0 Å². The predicted octanol–water partition coefficient (Wildman–Crippen LogP) is 4.82. The Labute approximate surface area is 181 Å². The molecule has 0 radical (unpaired) electrons. The fourth-order valence-electron chi connectivity index (χ4n) is 4.89. The molecule has 2 fully saturated rings. The van der Waals surface area contributed by atoms with Gasteiger partial charge >= 0.3 is 0 Å². The van der Waals surface area contributed by atoms with Crippen LogP contribution in [-0.2, 0) is 13.0 Å². The fraction of sp³-hybridized carbons (Fsp3) is 0.545. The highest BCUT2D eigenvalue weighted by Gasteiger charge is 2.46. The molecule has 1 aromatic heterocycles. The minimum atomic E-state index is 0. The highest BCUT2D eigenvalue weighted by atomic mass is 35.5. The average molecular weight is 427 g/mol. The van der Waals surface area contributed by atoms with Crippen molar-refractivity contribution in [3.63, 3.8) is 0 Å². The lowest BCUT2D eigenvalue weighted by Gasteiger charge is -2.26. The summed E-state index contributed by atoms with van der Waals surface area (Å²) in [6.45, 7) is 6.63. The molecule has 3 heterocycles. The number of methoxy groups -OCH3 is 1. The molecule has 2 aromatic rings. The standard InChI is InChI=1S/C22H30N2O2.2ClH/c1-4-5-19-10-11-20(26-19)14-24-13-17-12-23(2)22(21(17)15-24)16-6-8-18(25-3)9-7-16;;/h6-11,17,21-22H,4-5,12-15H2,1-3H3;2*1H/t17-,21+,22-;;/m0../s1. The van der Waals surface area contributed by atoms with Crippen LogP contribution in [0.15, 0.2) is 40.8 Å². The molecule has 4 nitrogen and oxygen atoms in total. The molecule has 2 aliphatic rings. The molecular formula is C22H32Cl2N2O2. The SMILES string of the molecule is CCCc1ccc(CN2C[C@@H]3CN(C)[C@@H](c4ccc(OC)cc4)[C@@H]3C2)o1.Cl.Cl. The third kappa shape index (κ3) is 4.68. The molecule has 0 amide bonds. The minimum Gasteiger partial charge on any atom is -0.497 e. The Hall–Kier alpha value is -1.20. The lowest BCUT2D eigenvalue weighted by molar-refractivity contribution is 0.215. The maximum absolute atomic E-state index is 6.00. The molecule has 4 rings (SSSR count). The summed E-state index contributed by atoms with van der Waals surface area (Å²) in [5.41, 5.74) is 1.41. The number of aryl methyl sites for hydroxylation is 1. The van der Waals surface area contributed by atoms with Crippen molar-refractivity contribution in [3.05, 3.63) is 53.5 Å². The van der Waals surface area contributed by atoms with Gasteiger partial charge in [-0.15, -0.1) is 24.8 Å². The van der Waals surface area contributed by atoms with Crippen LogP contribution in [0.25, 0.3) is 0 Å². The fourth-order valence-corrected chi connectivity index (χ4v) is 4.89. The van der Waals surface area contributed by atoms with Crippen LogP contribution in [0.1, 0.15) is 36.5 Å². The Bertz CT molecular complexity index is 734. The zero-order valence-electron chi connectivity index (χ0n) is 17.0. The van der Waals surface area contributed by atoms with Crippen LogP contribution in [0.3, 0.4) is 0 Å². The van der Waals surface area contributed by atoms with Gasteiger partial charge in [-0.3, -0.25) is 9.80 Å². The first-order valence-corrected chi connectivity index (χ1v) is 9.82. The number of rotatable bonds is 6. The number of hydrogen-bond acceptors (Lipinski definition) is 4. The van der Waals surface area contributed by atoms with Gasteiger partial charge in [-0.05, 0) is 55.1 Å². The number of fused-ring (bicyclic) bond motifs is 1. The summed E-state index contributed by atoms with van der Waals surface area (Å²) < 4.78 is 11.3. The third-order valence-corrected chi connectivity index (χ3v) is 6.02. The highest BCUT2D eigenvalue weighted by molar-refractivity contribution is 5.85. The van der Waals surface area contributed by atoms with Crippen LogP contribution in [-0.4, -0.2) is 43.6 Å². The molecule has 3 atom stereocenters. The topological polar surface area (TPSA) is 28.9 Å². The monoisotopic (exact) mass is 426 g/mol. The summed E-state index contributed by atoms with van der Waals surface area (Å²) in [5, 5.41) is 0. The Morgan fingerprint density at radius 2 is 1.71 bits per heavy atom. The first kappa shape index (κ1) is 23.1. The van der Waals surface area contributed by atoms with Crippen LogP contribution < -0.4 is 4.74 Å². The number of benzene rings is 1. The van der Waals surface area contributed by atoms with Crippen molar-refractivity contribution in [2.24, 2.45) is 11.8 Å². The molecule has 1 aromatic carbocycles. The quantitative estimate of drug-likeness (QED) is 0.661. The molecular weight excluding hydrogens is 395 g/mol. The second-order valence-corrected chi connectivity index (χ2v) is 7.89. The summed E-state index contributed by atoms with van der Waals surface area (Å²) in [5.74, 6) is 4.61. The van der Waals surface area contributed by atoms with E-state index in [9.17, 15) is 0 Å². The van der Waals surface area contributed by atoms with Gasteiger partial charge in [0.1, 0.15) is 17.3 Å². The number of halogens is 2. The van der Waals surface area contributed by atoms with Crippen molar-refractivity contribution < 1.29 is 9.15 Å². The Morgan fingerprint density at radius 1 is 1.00 bits per heavy atom. The van der Waals surface area contributed by atoms with Crippen molar-refractivity contribution in [1.82, 2.24) is 9.80 Å². The molecule has 2 aliphatic heterocycles. The van der Waals surface area contributed by atoms with Crippen molar-refractivity contribution in [3.8, 4) is 5.75 Å². The van der Waals surface area contributed by atoms with Gasteiger partial charge < -0.3 is 9.15 Å². The molecule has 0 N–H and O–H groups in total. The van der Waals surface area contributed by atoms with Gasteiger partial charge in [-0.2, -0.15) is 0 Å². The zero-order chi connectivity index (χ0) is 18.1. The van der Waals surface area contributed by atoms with Crippen LogP contribution >= 0.6 is 24.8 Å². The van der Waals surface area contributed by atoms with E-state index in [-0.39, 0.29) is 24.8 Å². The number of furan rings is 1. The second-order valence-electron chi connectivity index (χ2n) is 7.89. The van der Waals surface area contributed by atoms with E-state index in [4.69, 9.17) is 9.15 Å². The largest absolute Gasteiger partial charge is 0.497 e. The van der Waals surface area contributed by atoms with Crippen LogP contribution in [0.5, 0.6) is 5.75 Å². The summed E-state index contributed by atoms with van der Waals surface area (Å²) in [6, 6.07) is 13.4. The predicted molar refractivity (Wildman–Crippen MR) is 118 cm³/mol. The Balaban J connectivity index is 0.00000140. The molecule has 0 unspecified atom stereocenters. The van der Waals surface area contributed by atoms with Crippen molar-refractivity contribution in [2.75, 3.05) is 33.8 Å². The summed E-state index contributed by atoms with van der Waals surface area (Å²) >= 11 is 0. The van der Waals surface area contributed by atoms with E-state index in [1.54, 1.807) is 7.11 Å². The molecule has 0 spiro atoms. The Morgan fingerprint density at radius 3 is 2.39 bits per heavy atom. The molecule has 2 saturated heterocycles. The zero-order valence-corrected chi connectivity index (χ0v) is 18.6. The van der Waals surface area contributed by atoms with Crippen LogP contribution in [0.4, 0.5) is 0 Å². The van der Waals surface area contributed by atoms with Gasteiger partial charge in [0.05, 0.1) is 13.7 Å². The number of nitrogens with zero attached hydrogens (tertiary/aromatic N) is 2. The van der Waals surface area contributed by atoms with E-state index in [1.807, 2.05) is 0 Å². The number of hydrogen-bond donors (Lipinski definition) is 0. The maximum Gasteiger partial charge on any atom is 0.118 e. The molecule has 0 aliphatic carbocycles. The maximum atomic E-state index is 6.00. The van der Waals surface area contributed by atoms with E-state index in [1.165, 1.54) is 18.7 Å². The van der Waals surface area contributed by atoms with E-state index in [0.717, 1.165) is 49.1 Å². The first-order valence-electron chi connectivity index (χ1n) is 9.82. The van der Waals surface area contributed by atoms with Crippen molar-refractivity contribution in [1.29, 1.82) is 0 Å². The van der Waals surface area contributed by atoms with Crippen molar-refractivity contribution >= 4 is 24.8 Å². The van der Waals surface area contributed by atoms with Gasteiger partial charge in [0.2, 0.25) is 0 Å². The number of ether oxygens (including phenoxy) is 1. The normalized spacial score (nSPS) is 24.5. The molecule has 28 heavy (non-hydrogen) atoms. The minimum absolute atomic E-state index is 0. The van der Waals surface area contributed by atoms with E-state index < -0.39 is 0 Å². The molecule has 0 saturated carbocycles. The molecule has 0 bridgehead atoms. The lowest BCUT2D eigenvalue weighted by Crippen LogP contribution is -2.28. The van der Waals surface area contributed by atoms with Gasteiger partial charge in [-0.1, -0.05) is 19.1 Å². The summed E-state index contributed by atoms with van der Waals surface area (Å²) in [7, 11) is 3.99. The van der Waals surface area contributed by atoms with Crippen molar-refractivity contribution in [2.45, 2.75) is 32.4 Å². The molecule has 156 valence electrons. The van der Waals surface area contributed by atoms with Gasteiger partial charge in [0, 0.05) is 32.1 Å². The molecule has 6 heteroatoms. The Kier molecular flexibility index (Phi) is 8.26. The average Bonchev–Trinajstić information content (AvgIpc) is 3.30. The van der Waals surface area contributed by atoms with Gasteiger partial charge in [-0.25, -0.2) is 0 Å². The first-order chi connectivity index (χ1) is 12.7. The summed E-state index contributed by atoms with van der Waals surface area (Å²) in [6.07, 6.45) is 2.17. The smallest absolute Gasteiger partial charge is 0.118 e. The van der Waals surface area contributed by atoms with Crippen LogP contribution in [0.2, 0.25) is 0 Å². The van der Waals surface area contributed by atoms with E-state index in [0.29, 0.717) is 12.0 Å². The second kappa shape index (κ2) is 10.0. The summed E-state index contributed by atoms with van der Waals surface area (Å²) in [4.78, 5) is 5.11. The van der Waals surface area contributed by atoms with E-state index in [2.05, 4.69) is 60.2 Å².